The highest BCUT2D eigenvalue weighted by Gasteiger charge is 1.95. The van der Waals surface area contributed by atoms with E-state index in [1.54, 1.807) is 11.3 Å². The molecule has 0 saturated carbocycles. The first-order valence-corrected chi connectivity index (χ1v) is 5.31. The molecule has 2 nitrogen and oxygen atoms in total. The Labute approximate surface area is 75.6 Å². The van der Waals surface area contributed by atoms with E-state index in [-0.39, 0.29) is 0 Å². The van der Waals surface area contributed by atoms with Crippen LogP contribution in [-0.4, -0.2) is 36.3 Å². The topological polar surface area (TPSA) is 16.1 Å². The molecule has 0 bridgehead atoms. The zero-order chi connectivity index (χ0) is 8.10. The molecule has 0 amide bonds. The third-order valence-electron chi connectivity index (χ3n) is 1.19. The maximum absolute atomic E-state index is 4.00. The van der Waals surface area contributed by atoms with Crippen LogP contribution in [0.2, 0.25) is 0 Å². The number of rotatable bonds is 4. The molecule has 1 aromatic rings. The van der Waals surface area contributed by atoms with Crippen molar-refractivity contribution < 1.29 is 0 Å². The van der Waals surface area contributed by atoms with Crippen molar-refractivity contribution in [3.05, 3.63) is 11.7 Å². The summed E-state index contributed by atoms with van der Waals surface area (Å²) in [5.74, 6) is 1.15. The molecule has 1 heterocycles. The molecular weight excluding hydrogens is 176 g/mol. The maximum atomic E-state index is 4.00. The fourth-order valence-corrected chi connectivity index (χ4v) is 2.40. The van der Waals surface area contributed by atoms with Crippen LogP contribution in [0.25, 0.3) is 0 Å². The van der Waals surface area contributed by atoms with Crippen molar-refractivity contribution in [1.82, 2.24) is 9.88 Å². The second-order valence-electron chi connectivity index (χ2n) is 2.47. The molecule has 0 radical (unpaired) electrons. The van der Waals surface area contributed by atoms with Crippen LogP contribution in [0.15, 0.2) is 15.9 Å². The van der Waals surface area contributed by atoms with Crippen molar-refractivity contribution in [2.75, 3.05) is 26.4 Å². The van der Waals surface area contributed by atoms with Gasteiger partial charge in [0.15, 0.2) is 0 Å². The molecule has 62 valence electrons. The quantitative estimate of drug-likeness (QED) is 0.670. The fourth-order valence-electron chi connectivity index (χ4n) is 0.604. The Balaban J connectivity index is 2.14. The first-order chi connectivity index (χ1) is 5.29. The Morgan fingerprint density at radius 1 is 1.64 bits per heavy atom. The van der Waals surface area contributed by atoms with E-state index in [4.69, 9.17) is 0 Å². The number of nitrogens with zero attached hydrogens (tertiary/aromatic N) is 2. The summed E-state index contributed by atoms with van der Waals surface area (Å²) in [5, 5.41) is 0. The Morgan fingerprint density at radius 3 is 3.00 bits per heavy atom. The minimum absolute atomic E-state index is 1.13. The fraction of sp³-hybridized carbons (Fsp3) is 0.571. The van der Waals surface area contributed by atoms with E-state index in [1.165, 1.54) is 4.21 Å². The van der Waals surface area contributed by atoms with Crippen LogP contribution >= 0.6 is 23.1 Å². The molecule has 0 spiro atoms. The SMILES string of the molecule is CN(C)CCSc1cncs1. The number of hydrogen-bond donors (Lipinski definition) is 0. The molecule has 0 aromatic carbocycles. The molecule has 0 N–H and O–H groups in total. The first-order valence-electron chi connectivity index (χ1n) is 3.45. The standard InChI is InChI=1S/C7H12N2S2/c1-9(2)3-4-10-7-5-8-6-11-7/h5-6H,3-4H2,1-2H3. The van der Waals surface area contributed by atoms with Crippen molar-refractivity contribution >= 4 is 23.1 Å². The van der Waals surface area contributed by atoms with Gasteiger partial charge in [-0.2, -0.15) is 0 Å². The Morgan fingerprint density at radius 2 is 2.45 bits per heavy atom. The number of thioether (sulfide) groups is 1. The second kappa shape index (κ2) is 4.74. The molecule has 0 fully saturated rings. The van der Waals surface area contributed by atoms with Crippen LogP contribution in [0.4, 0.5) is 0 Å². The molecule has 0 saturated heterocycles. The summed E-state index contributed by atoms with van der Waals surface area (Å²) < 4.78 is 1.31. The van der Waals surface area contributed by atoms with Crippen LogP contribution in [-0.2, 0) is 0 Å². The predicted molar refractivity (Wildman–Crippen MR) is 51.4 cm³/mol. The normalized spacial score (nSPS) is 10.8. The smallest absolute Gasteiger partial charge is 0.0803 e. The minimum Gasteiger partial charge on any atom is -0.309 e. The lowest BCUT2D eigenvalue weighted by molar-refractivity contribution is 0.437. The van der Waals surface area contributed by atoms with E-state index in [2.05, 4.69) is 24.0 Å². The predicted octanol–water partition coefficient (Wildman–Crippen LogP) is 1.80. The summed E-state index contributed by atoms with van der Waals surface area (Å²) in [5.41, 5.74) is 1.87. The van der Waals surface area contributed by atoms with Gasteiger partial charge < -0.3 is 4.90 Å². The zero-order valence-electron chi connectivity index (χ0n) is 6.78. The van der Waals surface area contributed by atoms with Crippen LogP contribution in [0.1, 0.15) is 0 Å². The van der Waals surface area contributed by atoms with Gasteiger partial charge in [-0.05, 0) is 14.1 Å². The lowest BCUT2D eigenvalue weighted by Crippen LogP contribution is -2.14. The van der Waals surface area contributed by atoms with Crippen LogP contribution in [0.5, 0.6) is 0 Å². The van der Waals surface area contributed by atoms with Crippen LogP contribution in [0, 0.1) is 0 Å². The van der Waals surface area contributed by atoms with Gasteiger partial charge in [-0.1, -0.05) is 0 Å². The summed E-state index contributed by atoms with van der Waals surface area (Å²) in [6.07, 6.45) is 1.92. The van der Waals surface area contributed by atoms with E-state index in [0.717, 1.165) is 12.3 Å². The summed E-state index contributed by atoms with van der Waals surface area (Å²) in [6.45, 7) is 1.13. The second-order valence-corrected chi connectivity index (χ2v) is 4.75. The van der Waals surface area contributed by atoms with Crippen molar-refractivity contribution in [2.24, 2.45) is 0 Å². The third kappa shape index (κ3) is 3.74. The van der Waals surface area contributed by atoms with Gasteiger partial charge in [0, 0.05) is 12.3 Å². The van der Waals surface area contributed by atoms with Crippen molar-refractivity contribution in [3.8, 4) is 0 Å². The van der Waals surface area contributed by atoms with E-state index in [9.17, 15) is 0 Å². The molecule has 0 unspecified atom stereocenters. The molecule has 4 heteroatoms. The van der Waals surface area contributed by atoms with E-state index >= 15 is 0 Å². The van der Waals surface area contributed by atoms with E-state index in [0.29, 0.717) is 0 Å². The highest BCUT2D eigenvalue weighted by atomic mass is 32.2. The van der Waals surface area contributed by atoms with Crippen molar-refractivity contribution in [2.45, 2.75) is 4.21 Å². The maximum Gasteiger partial charge on any atom is 0.0803 e. The van der Waals surface area contributed by atoms with Gasteiger partial charge in [-0.3, -0.25) is 4.98 Å². The lowest BCUT2D eigenvalue weighted by Gasteiger charge is -2.06. The van der Waals surface area contributed by atoms with Crippen molar-refractivity contribution in [1.29, 1.82) is 0 Å². The summed E-state index contributed by atoms with van der Waals surface area (Å²) in [7, 11) is 4.18. The molecule has 1 rings (SSSR count). The van der Waals surface area contributed by atoms with Gasteiger partial charge in [-0.25, -0.2) is 0 Å². The Hall–Kier alpha value is -0.0600. The van der Waals surface area contributed by atoms with Crippen molar-refractivity contribution in [3.63, 3.8) is 0 Å². The minimum atomic E-state index is 1.13. The molecule has 0 atom stereocenters. The van der Waals surface area contributed by atoms with Gasteiger partial charge in [0.25, 0.3) is 0 Å². The lowest BCUT2D eigenvalue weighted by atomic mass is 10.7. The molecule has 11 heavy (non-hydrogen) atoms. The monoisotopic (exact) mass is 188 g/mol. The average Bonchev–Trinajstić information content (AvgIpc) is 2.39. The number of hydrogen-bond acceptors (Lipinski definition) is 4. The summed E-state index contributed by atoms with van der Waals surface area (Å²) in [6, 6.07) is 0. The van der Waals surface area contributed by atoms with Gasteiger partial charge in [-0.15, -0.1) is 23.1 Å². The van der Waals surface area contributed by atoms with Crippen LogP contribution in [0.3, 0.4) is 0 Å². The van der Waals surface area contributed by atoms with Gasteiger partial charge >= 0.3 is 0 Å². The van der Waals surface area contributed by atoms with Gasteiger partial charge in [0.2, 0.25) is 0 Å². The van der Waals surface area contributed by atoms with Gasteiger partial charge in [0.05, 0.1) is 15.9 Å². The molecule has 0 aliphatic heterocycles. The molecule has 0 aliphatic rings. The third-order valence-corrected chi connectivity index (χ3v) is 3.18. The highest BCUT2D eigenvalue weighted by Crippen LogP contribution is 2.20. The Kier molecular flexibility index (Phi) is 3.90. The first kappa shape index (κ1) is 9.03. The molecule has 0 aliphatic carbocycles. The van der Waals surface area contributed by atoms with Crippen LogP contribution < -0.4 is 0 Å². The number of aromatic nitrogens is 1. The largest absolute Gasteiger partial charge is 0.309 e. The molecule has 1 aromatic heterocycles. The zero-order valence-corrected chi connectivity index (χ0v) is 8.41. The summed E-state index contributed by atoms with van der Waals surface area (Å²) >= 11 is 3.58. The van der Waals surface area contributed by atoms with E-state index < -0.39 is 0 Å². The molecular formula is C7H12N2S2. The number of thiazole rings is 1. The highest BCUT2D eigenvalue weighted by molar-refractivity contribution is 8.01. The van der Waals surface area contributed by atoms with Gasteiger partial charge in [0.1, 0.15) is 0 Å². The van der Waals surface area contributed by atoms with E-state index in [1.807, 2.05) is 23.5 Å². The average molecular weight is 188 g/mol. The Bertz CT molecular complexity index is 184. The summed E-state index contributed by atoms with van der Waals surface area (Å²) in [4.78, 5) is 6.19.